The van der Waals surface area contributed by atoms with Crippen molar-refractivity contribution in [2.24, 2.45) is 4.99 Å². The molecule has 1 aliphatic heterocycles. The molecule has 0 saturated carbocycles. The number of benzene rings is 3. The van der Waals surface area contributed by atoms with Crippen LogP contribution >= 0.6 is 11.6 Å². The third kappa shape index (κ3) is 4.94. The van der Waals surface area contributed by atoms with Crippen molar-refractivity contribution in [3.05, 3.63) is 94.1 Å². The smallest absolute Gasteiger partial charge is 0.363 e. The maximum Gasteiger partial charge on any atom is 0.363 e. The van der Waals surface area contributed by atoms with Crippen LogP contribution in [0.5, 0.6) is 17.2 Å². The zero-order valence-electron chi connectivity index (χ0n) is 18.4. The van der Waals surface area contributed by atoms with Crippen molar-refractivity contribution >= 4 is 35.5 Å². The van der Waals surface area contributed by atoms with E-state index in [4.69, 9.17) is 30.5 Å². The summed E-state index contributed by atoms with van der Waals surface area (Å²) in [6.07, 6.45) is 1.56. The summed E-state index contributed by atoms with van der Waals surface area (Å²) in [7, 11) is 1.48. The van der Waals surface area contributed by atoms with Crippen molar-refractivity contribution in [1.29, 1.82) is 0 Å². The Balaban J connectivity index is 1.61. The zero-order chi connectivity index (χ0) is 24.1. The van der Waals surface area contributed by atoms with Crippen LogP contribution < -0.4 is 14.2 Å². The lowest BCUT2D eigenvalue weighted by molar-refractivity contribution is -0.129. The molecule has 172 valence electrons. The fourth-order valence-electron chi connectivity index (χ4n) is 3.25. The van der Waals surface area contributed by atoms with E-state index in [0.29, 0.717) is 34.3 Å². The van der Waals surface area contributed by atoms with E-state index < -0.39 is 11.9 Å². The Morgan fingerprint density at radius 3 is 2.56 bits per heavy atom. The molecule has 0 unspecified atom stereocenters. The number of cyclic esters (lactones) is 1. The van der Waals surface area contributed by atoms with E-state index in [0.717, 1.165) is 0 Å². The molecule has 0 radical (unpaired) electrons. The molecule has 3 aromatic carbocycles. The third-order valence-electron chi connectivity index (χ3n) is 4.83. The summed E-state index contributed by atoms with van der Waals surface area (Å²) >= 11 is 6.18. The van der Waals surface area contributed by atoms with Gasteiger partial charge in [-0.15, -0.1) is 0 Å². The lowest BCUT2D eigenvalue weighted by Crippen LogP contribution is -2.11. The lowest BCUT2D eigenvalue weighted by atomic mass is 10.1. The van der Waals surface area contributed by atoms with Gasteiger partial charge in [0.05, 0.1) is 24.3 Å². The van der Waals surface area contributed by atoms with Gasteiger partial charge in [-0.05, 0) is 55.0 Å². The van der Waals surface area contributed by atoms with Gasteiger partial charge in [-0.3, -0.25) is 0 Å². The van der Waals surface area contributed by atoms with Gasteiger partial charge in [0.2, 0.25) is 5.90 Å². The molecule has 8 heteroatoms. The summed E-state index contributed by atoms with van der Waals surface area (Å²) in [5.74, 6) is -0.0821. The second-order valence-corrected chi connectivity index (χ2v) is 7.45. The van der Waals surface area contributed by atoms with Crippen LogP contribution in [0.2, 0.25) is 5.02 Å². The fourth-order valence-corrected chi connectivity index (χ4v) is 3.47. The van der Waals surface area contributed by atoms with Gasteiger partial charge < -0.3 is 18.9 Å². The van der Waals surface area contributed by atoms with Gasteiger partial charge in [0, 0.05) is 0 Å². The lowest BCUT2D eigenvalue weighted by Gasteiger charge is -2.12. The summed E-state index contributed by atoms with van der Waals surface area (Å²) in [5.41, 5.74) is 1.52. The number of hydrogen-bond donors (Lipinski definition) is 0. The van der Waals surface area contributed by atoms with Crippen LogP contribution in [0.4, 0.5) is 0 Å². The predicted molar refractivity (Wildman–Crippen MR) is 128 cm³/mol. The highest BCUT2D eigenvalue weighted by atomic mass is 35.5. The van der Waals surface area contributed by atoms with Gasteiger partial charge >= 0.3 is 11.9 Å². The third-order valence-corrected chi connectivity index (χ3v) is 5.15. The van der Waals surface area contributed by atoms with Crippen LogP contribution in [0.1, 0.15) is 28.4 Å². The molecule has 7 nitrogen and oxygen atoms in total. The number of rotatable bonds is 7. The first-order valence-electron chi connectivity index (χ1n) is 10.4. The minimum Gasteiger partial charge on any atom is -0.496 e. The number of esters is 2. The second kappa shape index (κ2) is 10.2. The van der Waals surface area contributed by atoms with Crippen molar-refractivity contribution < 1.29 is 28.5 Å². The van der Waals surface area contributed by atoms with Crippen molar-refractivity contribution in [3.8, 4) is 17.2 Å². The molecule has 0 atom stereocenters. The van der Waals surface area contributed by atoms with Gasteiger partial charge in [0.25, 0.3) is 0 Å². The molecule has 1 heterocycles. The minimum absolute atomic E-state index is 0.108. The number of nitrogens with zero attached hydrogens (tertiary/aromatic N) is 1. The molecule has 3 aromatic rings. The van der Waals surface area contributed by atoms with E-state index in [1.54, 1.807) is 72.8 Å². The van der Waals surface area contributed by atoms with Crippen LogP contribution in [0.25, 0.3) is 6.08 Å². The Hall–Kier alpha value is -4.10. The van der Waals surface area contributed by atoms with Crippen molar-refractivity contribution in [1.82, 2.24) is 0 Å². The van der Waals surface area contributed by atoms with Gasteiger partial charge in [-0.2, -0.15) is 0 Å². The first kappa shape index (κ1) is 23.1. The summed E-state index contributed by atoms with van der Waals surface area (Å²) in [4.78, 5) is 29.3. The van der Waals surface area contributed by atoms with Crippen LogP contribution in [-0.2, 0) is 9.53 Å². The molecule has 0 aliphatic carbocycles. The average molecular weight is 478 g/mol. The molecular formula is C26H20ClNO6. The Morgan fingerprint density at radius 2 is 1.79 bits per heavy atom. The summed E-state index contributed by atoms with van der Waals surface area (Å²) < 4.78 is 21.7. The highest BCUT2D eigenvalue weighted by Crippen LogP contribution is 2.32. The number of hydrogen-bond acceptors (Lipinski definition) is 7. The molecule has 0 amide bonds. The van der Waals surface area contributed by atoms with Crippen LogP contribution in [-0.4, -0.2) is 31.6 Å². The van der Waals surface area contributed by atoms with E-state index in [1.807, 2.05) is 6.92 Å². The fraction of sp³-hybridized carbons (Fsp3) is 0.115. The molecule has 0 bridgehead atoms. The van der Waals surface area contributed by atoms with Gasteiger partial charge in [0.1, 0.15) is 11.3 Å². The maximum absolute atomic E-state index is 12.7. The first-order chi connectivity index (χ1) is 16.5. The number of methoxy groups -OCH3 is 1. The largest absolute Gasteiger partial charge is 0.496 e. The van der Waals surface area contributed by atoms with E-state index in [-0.39, 0.29) is 22.9 Å². The first-order valence-corrected chi connectivity index (χ1v) is 10.8. The van der Waals surface area contributed by atoms with E-state index >= 15 is 0 Å². The second-order valence-electron chi connectivity index (χ2n) is 7.04. The predicted octanol–water partition coefficient (Wildman–Crippen LogP) is 5.31. The van der Waals surface area contributed by atoms with Gasteiger partial charge in [0.15, 0.2) is 17.2 Å². The maximum atomic E-state index is 12.7. The molecule has 0 saturated heterocycles. The molecule has 34 heavy (non-hydrogen) atoms. The summed E-state index contributed by atoms with van der Waals surface area (Å²) in [6, 6.07) is 18.6. The minimum atomic E-state index is -0.598. The Kier molecular flexibility index (Phi) is 6.94. The van der Waals surface area contributed by atoms with Crippen molar-refractivity contribution in [2.45, 2.75) is 6.92 Å². The quantitative estimate of drug-likeness (QED) is 0.260. The van der Waals surface area contributed by atoms with E-state index in [1.165, 1.54) is 7.11 Å². The monoisotopic (exact) mass is 477 g/mol. The molecule has 0 aromatic heterocycles. The SMILES string of the molecule is CCOc1cc(/C=C2/N=C(c3ccccc3Cl)OC2=O)ccc1OC(=O)c1ccccc1OC. The standard InChI is InChI=1S/C26H20ClNO6/c1-3-32-23-15-16(12-13-22(23)33-25(29)18-9-5-7-11-21(18)31-2)14-20-26(30)34-24(28-20)17-8-4-6-10-19(17)27/h4-15H,3H2,1-2H3/b20-14+. The molecule has 0 N–H and O–H groups in total. The van der Waals surface area contributed by atoms with Crippen molar-refractivity contribution in [2.75, 3.05) is 13.7 Å². The number of halogens is 1. The van der Waals surface area contributed by atoms with Crippen LogP contribution in [0, 0.1) is 0 Å². The summed E-state index contributed by atoms with van der Waals surface area (Å²) in [6.45, 7) is 2.15. The summed E-state index contributed by atoms with van der Waals surface area (Å²) in [5, 5.41) is 0.426. The molecule has 4 rings (SSSR count). The zero-order valence-corrected chi connectivity index (χ0v) is 19.2. The topological polar surface area (TPSA) is 83.4 Å². The van der Waals surface area contributed by atoms with Crippen LogP contribution in [0.15, 0.2) is 77.4 Å². The number of carbonyl (C=O) groups is 2. The molecule has 0 spiro atoms. The highest BCUT2D eigenvalue weighted by molar-refractivity contribution is 6.34. The average Bonchev–Trinajstić information content (AvgIpc) is 3.20. The number of carbonyl (C=O) groups excluding carboxylic acids is 2. The molecular weight excluding hydrogens is 458 g/mol. The van der Waals surface area contributed by atoms with E-state index in [2.05, 4.69) is 4.99 Å². The van der Waals surface area contributed by atoms with E-state index in [9.17, 15) is 9.59 Å². The molecule has 0 fully saturated rings. The number of ether oxygens (including phenoxy) is 4. The Labute approximate surface area is 201 Å². The Morgan fingerprint density at radius 1 is 1.03 bits per heavy atom. The number of aliphatic imine (C=N–C) groups is 1. The number of para-hydroxylation sites is 1. The van der Waals surface area contributed by atoms with Gasteiger partial charge in [-0.1, -0.05) is 41.9 Å². The molecule has 1 aliphatic rings. The highest BCUT2D eigenvalue weighted by Gasteiger charge is 2.25. The van der Waals surface area contributed by atoms with Crippen molar-refractivity contribution in [3.63, 3.8) is 0 Å². The normalized spacial score (nSPS) is 13.9. The Bertz CT molecular complexity index is 1310. The van der Waals surface area contributed by atoms with Gasteiger partial charge in [-0.25, -0.2) is 14.6 Å². The van der Waals surface area contributed by atoms with Crippen LogP contribution in [0.3, 0.4) is 0 Å².